The first-order chi connectivity index (χ1) is 8.16. The Labute approximate surface area is 119 Å². The summed E-state index contributed by atoms with van der Waals surface area (Å²) >= 11 is 8.02. The number of rotatable bonds is 2. The monoisotopic (exact) mass is 365 g/mol. The van der Waals surface area contributed by atoms with Crippen molar-refractivity contribution < 1.29 is 9.53 Å². The van der Waals surface area contributed by atoms with Crippen molar-refractivity contribution in [2.45, 2.75) is 12.8 Å². The van der Waals surface area contributed by atoms with Gasteiger partial charge in [-0.25, -0.2) is 0 Å². The van der Waals surface area contributed by atoms with Gasteiger partial charge >= 0.3 is 0 Å². The number of halogens is 2. The Hall–Kier alpha value is -0.330. The molecule has 1 amide bonds. The molecule has 3 nitrogen and oxygen atoms in total. The maximum absolute atomic E-state index is 12.0. The second kappa shape index (κ2) is 6.02. The van der Waals surface area contributed by atoms with Gasteiger partial charge in [0.2, 0.25) is 5.91 Å². The van der Waals surface area contributed by atoms with Crippen molar-refractivity contribution in [3.63, 3.8) is 0 Å². The van der Waals surface area contributed by atoms with Gasteiger partial charge in [-0.3, -0.25) is 4.79 Å². The van der Waals surface area contributed by atoms with Crippen molar-refractivity contribution in [2.24, 2.45) is 5.92 Å². The quantitative estimate of drug-likeness (QED) is 0.817. The number of hydrogen-bond acceptors (Lipinski definition) is 2. The third-order valence-corrected chi connectivity index (χ3v) is 3.85. The topological polar surface area (TPSA) is 38.3 Å². The third-order valence-electron chi connectivity index (χ3n) is 2.72. The predicted octanol–water partition coefficient (Wildman–Crippen LogP) is 3.31. The molecule has 2 rings (SSSR count). The fourth-order valence-corrected chi connectivity index (χ4v) is 2.78. The molecule has 1 aliphatic rings. The molecule has 1 fully saturated rings. The standard InChI is InChI=1S/C12H13ClINO2/c13-9-3-4-11(10(14)6-9)15-12(16)8-2-1-5-17-7-8/h3-4,6,8H,1-2,5,7H2,(H,15,16). The zero-order chi connectivity index (χ0) is 12.3. The van der Waals surface area contributed by atoms with E-state index in [4.69, 9.17) is 16.3 Å². The summed E-state index contributed by atoms with van der Waals surface area (Å²) in [4.78, 5) is 12.0. The molecule has 17 heavy (non-hydrogen) atoms. The van der Waals surface area contributed by atoms with Crippen molar-refractivity contribution in [3.05, 3.63) is 26.8 Å². The van der Waals surface area contributed by atoms with Gasteiger partial charge < -0.3 is 10.1 Å². The van der Waals surface area contributed by atoms with Crippen LogP contribution in [0.5, 0.6) is 0 Å². The van der Waals surface area contributed by atoms with Crippen molar-refractivity contribution in [2.75, 3.05) is 18.5 Å². The van der Waals surface area contributed by atoms with Crippen LogP contribution in [0.4, 0.5) is 5.69 Å². The molecule has 92 valence electrons. The lowest BCUT2D eigenvalue weighted by Crippen LogP contribution is -2.30. The maximum atomic E-state index is 12.0. The van der Waals surface area contributed by atoms with Crippen molar-refractivity contribution in [1.29, 1.82) is 0 Å². The van der Waals surface area contributed by atoms with Crippen molar-refractivity contribution in [1.82, 2.24) is 0 Å². The molecule has 0 aromatic heterocycles. The minimum Gasteiger partial charge on any atom is -0.381 e. The van der Waals surface area contributed by atoms with Gasteiger partial charge in [0, 0.05) is 15.2 Å². The molecule has 1 N–H and O–H groups in total. The number of carbonyl (C=O) groups is 1. The molecule has 1 atom stereocenters. The lowest BCUT2D eigenvalue weighted by molar-refractivity contribution is -0.123. The Balaban J connectivity index is 2.02. The van der Waals surface area contributed by atoms with E-state index in [1.165, 1.54) is 0 Å². The van der Waals surface area contributed by atoms with Crippen molar-refractivity contribution in [3.8, 4) is 0 Å². The number of ether oxygens (including phenoxy) is 1. The smallest absolute Gasteiger partial charge is 0.229 e. The van der Waals surface area contributed by atoms with Gasteiger partial charge in [0.25, 0.3) is 0 Å². The predicted molar refractivity (Wildman–Crippen MR) is 76.3 cm³/mol. The molecule has 1 unspecified atom stereocenters. The highest BCUT2D eigenvalue weighted by atomic mass is 127. The molecule has 0 saturated carbocycles. The Bertz CT molecular complexity index is 419. The molecule has 1 saturated heterocycles. The Kier molecular flexibility index (Phi) is 4.64. The molecule has 1 heterocycles. The molecule has 5 heteroatoms. The zero-order valence-electron chi connectivity index (χ0n) is 9.21. The molecule has 0 aliphatic carbocycles. The van der Waals surface area contributed by atoms with Crippen LogP contribution in [0.2, 0.25) is 5.02 Å². The number of anilines is 1. The molecular formula is C12H13ClINO2. The van der Waals surface area contributed by atoms with Gasteiger partial charge in [0.15, 0.2) is 0 Å². The van der Waals surface area contributed by atoms with Crippen LogP contribution in [0.25, 0.3) is 0 Å². The fraction of sp³-hybridized carbons (Fsp3) is 0.417. The number of benzene rings is 1. The van der Waals surface area contributed by atoms with Crippen LogP contribution in [0.3, 0.4) is 0 Å². The second-order valence-electron chi connectivity index (χ2n) is 4.03. The van der Waals surface area contributed by atoms with E-state index in [0.29, 0.717) is 11.6 Å². The van der Waals surface area contributed by atoms with E-state index < -0.39 is 0 Å². The van der Waals surface area contributed by atoms with E-state index in [1.807, 2.05) is 12.1 Å². The van der Waals surface area contributed by atoms with Crippen LogP contribution < -0.4 is 5.32 Å². The normalized spacial score (nSPS) is 20.0. The van der Waals surface area contributed by atoms with Gasteiger partial charge in [0.1, 0.15) is 0 Å². The maximum Gasteiger partial charge on any atom is 0.229 e. The van der Waals surface area contributed by atoms with E-state index in [1.54, 1.807) is 6.07 Å². The highest BCUT2D eigenvalue weighted by Gasteiger charge is 2.22. The van der Waals surface area contributed by atoms with Crippen molar-refractivity contribution >= 4 is 45.8 Å². The largest absolute Gasteiger partial charge is 0.381 e. The first-order valence-corrected chi connectivity index (χ1v) is 6.96. The minimum atomic E-state index is -0.0322. The number of amides is 1. The average molecular weight is 366 g/mol. The van der Waals surface area contributed by atoms with Crippen LogP contribution in [0, 0.1) is 9.49 Å². The van der Waals surface area contributed by atoms with E-state index in [-0.39, 0.29) is 11.8 Å². The number of nitrogens with one attached hydrogen (secondary N) is 1. The molecular weight excluding hydrogens is 352 g/mol. The van der Waals surface area contributed by atoms with Gasteiger partial charge in [-0.1, -0.05) is 11.6 Å². The highest BCUT2D eigenvalue weighted by Crippen LogP contribution is 2.24. The molecule has 0 radical (unpaired) electrons. The summed E-state index contributed by atoms with van der Waals surface area (Å²) in [7, 11) is 0. The first kappa shape index (κ1) is 13.1. The lowest BCUT2D eigenvalue weighted by Gasteiger charge is -2.21. The summed E-state index contributed by atoms with van der Waals surface area (Å²) in [6.45, 7) is 1.29. The highest BCUT2D eigenvalue weighted by molar-refractivity contribution is 14.1. The van der Waals surface area contributed by atoms with Gasteiger partial charge in [-0.2, -0.15) is 0 Å². The molecule has 0 spiro atoms. The first-order valence-electron chi connectivity index (χ1n) is 5.50. The van der Waals surface area contributed by atoms with Crippen LogP contribution in [0.1, 0.15) is 12.8 Å². The van der Waals surface area contributed by atoms with E-state index >= 15 is 0 Å². The summed E-state index contributed by atoms with van der Waals surface area (Å²) < 4.78 is 6.25. The van der Waals surface area contributed by atoms with Crippen LogP contribution in [-0.2, 0) is 9.53 Å². The Morgan fingerprint density at radius 2 is 2.35 bits per heavy atom. The van der Waals surface area contributed by atoms with Gasteiger partial charge in [-0.05, 0) is 53.6 Å². The van der Waals surface area contributed by atoms with Crippen LogP contribution >= 0.6 is 34.2 Å². The minimum absolute atomic E-state index is 0.0322. The Morgan fingerprint density at radius 1 is 1.53 bits per heavy atom. The number of carbonyl (C=O) groups excluding carboxylic acids is 1. The fourth-order valence-electron chi connectivity index (χ4n) is 1.77. The summed E-state index contributed by atoms with van der Waals surface area (Å²) in [5, 5.41) is 3.60. The molecule has 1 aliphatic heterocycles. The van der Waals surface area contributed by atoms with Crippen LogP contribution in [0.15, 0.2) is 18.2 Å². The summed E-state index contributed by atoms with van der Waals surface area (Å²) in [5.41, 5.74) is 0.811. The summed E-state index contributed by atoms with van der Waals surface area (Å²) in [5.74, 6) is 0.000154. The van der Waals surface area contributed by atoms with Gasteiger partial charge in [0.05, 0.1) is 18.2 Å². The molecule has 0 bridgehead atoms. The van der Waals surface area contributed by atoms with E-state index in [2.05, 4.69) is 27.9 Å². The van der Waals surface area contributed by atoms with Gasteiger partial charge in [-0.15, -0.1) is 0 Å². The summed E-state index contributed by atoms with van der Waals surface area (Å²) in [6, 6.07) is 5.43. The van der Waals surface area contributed by atoms with Crippen LogP contribution in [-0.4, -0.2) is 19.1 Å². The molecule has 1 aromatic rings. The van der Waals surface area contributed by atoms with E-state index in [0.717, 1.165) is 28.7 Å². The van der Waals surface area contributed by atoms with E-state index in [9.17, 15) is 4.79 Å². The molecule has 1 aromatic carbocycles. The second-order valence-corrected chi connectivity index (χ2v) is 5.63. The lowest BCUT2D eigenvalue weighted by atomic mass is 10.0. The Morgan fingerprint density at radius 3 is 3.00 bits per heavy atom. The zero-order valence-corrected chi connectivity index (χ0v) is 12.1. The third kappa shape index (κ3) is 3.56. The number of hydrogen-bond donors (Lipinski definition) is 1. The summed E-state index contributed by atoms with van der Waals surface area (Å²) in [6.07, 6.45) is 1.85. The average Bonchev–Trinajstić information content (AvgIpc) is 2.34. The SMILES string of the molecule is O=C(Nc1ccc(Cl)cc1I)C1CCCOC1.